The Morgan fingerprint density at radius 2 is 2.00 bits per heavy atom. The van der Waals surface area contributed by atoms with Crippen LogP contribution in [0.4, 0.5) is 0 Å². The molecule has 2 N–H and O–H groups in total. The second kappa shape index (κ2) is 6.57. The first-order valence-corrected chi connectivity index (χ1v) is 5.19. The zero-order valence-electron chi connectivity index (χ0n) is 8.74. The lowest BCUT2D eigenvalue weighted by atomic mass is 10.1. The molecule has 1 atom stereocenters. The van der Waals surface area contributed by atoms with Gasteiger partial charge >= 0.3 is 0 Å². The molecule has 1 saturated heterocycles. The normalized spacial score (nSPS) is 20.9. The second-order valence-electron chi connectivity index (χ2n) is 3.65. The van der Waals surface area contributed by atoms with Crippen LogP contribution in [-0.4, -0.2) is 24.3 Å². The molecule has 14 heavy (non-hydrogen) atoms. The smallest absolute Gasteiger partial charge is 0.0665 e. The van der Waals surface area contributed by atoms with E-state index in [1.54, 1.807) is 0 Å². The van der Waals surface area contributed by atoms with Crippen molar-refractivity contribution in [1.29, 1.82) is 0 Å². The van der Waals surface area contributed by atoms with Gasteiger partial charge in [0.25, 0.3) is 0 Å². The fraction of sp³-hybridized carbons (Fsp3) is 0.500. The Morgan fingerprint density at radius 3 is 2.29 bits per heavy atom. The summed E-state index contributed by atoms with van der Waals surface area (Å²) in [6, 6.07) is 10.3. The van der Waals surface area contributed by atoms with Crippen LogP contribution in [0.15, 0.2) is 30.3 Å². The molecule has 0 radical (unpaired) electrons. The number of aryl methyl sites for hydroxylation is 1. The van der Waals surface area contributed by atoms with Crippen LogP contribution in [0.3, 0.4) is 0 Å². The van der Waals surface area contributed by atoms with E-state index in [-0.39, 0.29) is 6.10 Å². The average molecular weight is 193 g/mol. The molecular weight excluding hydrogens is 174 g/mol. The first-order valence-electron chi connectivity index (χ1n) is 5.19. The molecule has 1 heterocycles. The van der Waals surface area contributed by atoms with Gasteiger partial charge in [-0.15, -0.1) is 0 Å². The summed E-state index contributed by atoms with van der Waals surface area (Å²) in [5, 5.41) is 11.9. The van der Waals surface area contributed by atoms with Crippen LogP contribution in [0.2, 0.25) is 0 Å². The van der Waals surface area contributed by atoms with Crippen LogP contribution in [0.5, 0.6) is 0 Å². The number of aliphatic hydroxyl groups excluding tert-OH is 1. The lowest BCUT2D eigenvalue weighted by Crippen LogP contribution is -2.33. The topological polar surface area (TPSA) is 32.3 Å². The van der Waals surface area contributed by atoms with Crippen molar-refractivity contribution >= 4 is 0 Å². The molecule has 0 amide bonds. The van der Waals surface area contributed by atoms with Crippen LogP contribution in [0.25, 0.3) is 0 Å². The molecule has 2 nitrogen and oxygen atoms in total. The van der Waals surface area contributed by atoms with E-state index in [9.17, 15) is 0 Å². The maximum atomic E-state index is 8.85. The highest BCUT2D eigenvalue weighted by Crippen LogP contribution is 1.98. The first-order chi connectivity index (χ1) is 6.79. The van der Waals surface area contributed by atoms with E-state index in [1.807, 2.05) is 18.2 Å². The average Bonchev–Trinajstić information content (AvgIpc) is 2.21. The van der Waals surface area contributed by atoms with Crippen LogP contribution < -0.4 is 5.32 Å². The second-order valence-corrected chi connectivity index (χ2v) is 3.65. The molecule has 2 heteroatoms. The largest absolute Gasteiger partial charge is 0.392 e. The van der Waals surface area contributed by atoms with Crippen molar-refractivity contribution in [3.8, 4) is 0 Å². The van der Waals surface area contributed by atoms with Crippen molar-refractivity contribution in [3.05, 3.63) is 35.9 Å². The van der Waals surface area contributed by atoms with Gasteiger partial charge in [0.05, 0.1) is 6.10 Å². The van der Waals surface area contributed by atoms with Crippen molar-refractivity contribution in [3.63, 3.8) is 0 Å². The maximum absolute atomic E-state index is 8.85. The van der Waals surface area contributed by atoms with Crippen molar-refractivity contribution < 1.29 is 5.11 Å². The highest BCUT2D eigenvalue weighted by Gasteiger charge is 2.06. The first kappa shape index (κ1) is 11.2. The van der Waals surface area contributed by atoms with E-state index in [1.165, 1.54) is 5.56 Å². The Labute approximate surface area is 86.0 Å². The Kier molecular flexibility index (Phi) is 5.27. The predicted octanol–water partition coefficient (Wildman–Crippen LogP) is 1.73. The van der Waals surface area contributed by atoms with Gasteiger partial charge in [-0.05, 0) is 26.3 Å². The number of nitrogens with one attached hydrogen (secondary N) is 1. The van der Waals surface area contributed by atoms with Crippen LogP contribution >= 0.6 is 0 Å². The number of β-amino-alcohol motifs (C(OH)–C–C–N with tert-alkyl or cyclic N) is 1. The lowest BCUT2D eigenvalue weighted by Gasteiger charge is -2.16. The van der Waals surface area contributed by atoms with Gasteiger partial charge in [0.2, 0.25) is 0 Å². The molecule has 1 aromatic rings. The van der Waals surface area contributed by atoms with E-state index in [4.69, 9.17) is 5.11 Å². The van der Waals surface area contributed by atoms with E-state index < -0.39 is 0 Å². The molecule has 0 spiro atoms. The summed E-state index contributed by atoms with van der Waals surface area (Å²) in [6.45, 7) is 3.96. The third-order valence-corrected chi connectivity index (χ3v) is 2.21. The molecule has 0 aromatic heterocycles. The zero-order chi connectivity index (χ0) is 10.2. The van der Waals surface area contributed by atoms with Crippen LogP contribution in [0.1, 0.15) is 18.4 Å². The highest BCUT2D eigenvalue weighted by atomic mass is 16.3. The highest BCUT2D eigenvalue weighted by molar-refractivity contribution is 5.11. The van der Waals surface area contributed by atoms with Gasteiger partial charge in [0.15, 0.2) is 0 Å². The van der Waals surface area contributed by atoms with Gasteiger partial charge in [0.1, 0.15) is 0 Å². The van der Waals surface area contributed by atoms with Gasteiger partial charge < -0.3 is 10.4 Å². The van der Waals surface area contributed by atoms with E-state index >= 15 is 0 Å². The van der Waals surface area contributed by atoms with Crippen molar-refractivity contribution in [1.82, 2.24) is 5.32 Å². The maximum Gasteiger partial charge on any atom is 0.0665 e. The van der Waals surface area contributed by atoms with Crippen molar-refractivity contribution in [2.45, 2.75) is 25.9 Å². The Bertz CT molecular complexity index is 229. The third kappa shape index (κ3) is 5.00. The SMILES string of the molecule is Cc1ccccc1.OC1CCCNC1. The molecule has 0 bridgehead atoms. The quantitative estimate of drug-likeness (QED) is 0.657. The minimum atomic E-state index is -0.0752. The minimum Gasteiger partial charge on any atom is -0.392 e. The Hall–Kier alpha value is -0.860. The summed E-state index contributed by atoms with van der Waals surface area (Å²) in [4.78, 5) is 0. The summed E-state index contributed by atoms with van der Waals surface area (Å²) >= 11 is 0. The molecule has 1 aromatic carbocycles. The standard InChI is InChI=1S/C7H8.C5H11NO/c1-7-5-3-2-4-6-7;7-5-2-1-3-6-4-5/h2-6H,1H3;5-7H,1-4H2. The zero-order valence-corrected chi connectivity index (χ0v) is 8.74. The summed E-state index contributed by atoms with van der Waals surface area (Å²) in [5.41, 5.74) is 1.32. The molecule has 1 unspecified atom stereocenters. The van der Waals surface area contributed by atoms with Gasteiger partial charge in [-0.3, -0.25) is 0 Å². The lowest BCUT2D eigenvalue weighted by molar-refractivity contribution is 0.142. The molecule has 78 valence electrons. The number of benzene rings is 1. The third-order valence-electron chi connectivity index (χ3n) is 2.21. The fourth-order valence-corrected chi connectivity index (χ4v) is 1.37. The van der Waals surface area contributed by atoms with E-state index in [2.05, 4.69) is 24.4 Å². The minimum absolute atomic E-state index is 0.0752. The monoisotopic (exact) mass is 193 g/mol. The summed E-state index contributed by atoms with van der Waals surface area (Å²) in [7, 11) is 0. The predicted molar refractivity (Wildman–Crippen MR) is 59.3 cm³/mol. The summed E-state index contributed by atoms with van der Waals surface area (Å²) in [5.74, 6) is 0. The molecule has 0 saturated carbocycles. The Balaban J connectivity index is 0.000000140. The van der Waals surface area contributed by atoms with E-state index in [0.29, 0.717) is 0 Å². The number of piperidine rings is 1. The van der Waals surface area contributed by atoms with Gasteiger partial charge in [-0.25, -0.2) is 0 Å². The number of hydrogen-bond acceptors (Lipinski definition) is 2. The summed E-state index contributed by atoms with van der Waals surface area (Å²) in [6.07, 6.45) is 2.03. The fourth-order valence-electron chi connectivity index (χ4n) is 1.37. The van der Waals surface area contributed by atoms with Gasteiger partial charge in [-0.2, -0.15) is 0 Å². The van der Waals surface area contributed by atoms with Crippen molar-refractivity contribution in [2.24, 2.45) is 0 Å². The van der Waals surface area contributed by atoms with Gasteiger partial charge in [-0.1, -0.05) is 35.9 Å². The molecular formula is C12H19NO. The molecule has 1 fully saturated rings. The van der Waals surface area contributed by atoms with Gasteiger partial charge in [0, 0.05) is 6.54 Å². The molecule has 0 aliphatic carbocycles. The Morgan fingerprint density at radius 1 is 1.29 bits per heavy atom. The number of aliphatic hydroxyl groups is 1. The van der Waals surface area contributed by atoms with E-state index in [0.717, 1.165) is 25.9 Å². The molecule has 1 aliphatic heterocycles. The molecule has 2 rings (SSSR count). The molecule has 1 aliphatic rings. The number of hydrogen-bond donors (Lipinski definition) is 2. The van der Waals surface area contributed by atoms with Crippen molar-refractivity contribution in [2.75, 3.05) is 13.1 Å². The summed E-state index contributed by atoms with van der Waals surface area (Å²) < 4.78 is 0. The van der Waals surface area contributed by atoms with Crippen LogP contribution in [0, 0.1) is 6.92 Å². The number of rotatable bonds is 0. The van der Waals surface area contributed by atoms with Crippen LogP contribution in [-0.2, 0) is 0 Å².